The second-order valence-electron chi connectivity index (χ2n) is 4.70. The molecule has 0 aromatic heterocycles. The van der Waals surface area contributed by atoms with Gasteiger partial charge in [-0.2, -0.15) is 0 Å². The molecule has 0 unspecified atom stereocenters. The van der Waals surface area contributed by atoms with Gasteiger partial charge in [0.2, 0.25) is 0 Å². The lowest BCUT2D eigenvalue weighted by Gasteiger charge is -2.35. The van der Waals surface area contributed by atoms with Crippen molar-refractivity contribution in [2.24, 2.45) is 0 Å². The van der Waals surface area contributed by atoms with Crippen LogP contribution >= 0.6 is 31.9 Å². The number of halogens is 2. The van der Waals surface area contributed by atoms with E-state index in [0.717, 1.165) is 46.4 Å². The molecule has 1 aliphatic heterocycles. The van der Waals surface area contributed by atoms with Crippen LogP contribution in [0.15, 0.2) is 21.1 Å². The molecular weight excluding hydrogens is 374 g/mol. The van der Waals surface area contributed by atoms with Gasteiger partial charge in [0.1, 0.15) is 0 Å². The molecule has 0 spiro atoms. The number of anilines is 1. The van der Waals surface area contributed by atoms with Crippen LogP contribution in [0.2, 0.25) is 0 Å². The van der Waals surface area contributed by atoms with Crippen LogP contribution in [-0.2, 0) is 0 Å². The highest BCUT2D eigenvalue weighted by molar-refractivity contribution is 9.11. The van der Waals surface area contributed by atoms with Crippen molar-refractivity contribution < 1.29 is 5.11 Å². The van der Waals surface area contributed by atoms with Crippen molar-refractivity contribution in [3.63, 3.8) is 0 Å². The van der Waals surface area contributed by atoms with E-state index in [2.05, 4.69) is 48.1 Å². The van der Waals surface area contributed by atoms with Crippen molar-refractivity contribution in [1.82, 2.24) is 10.2 Å². The summed E-state index contributed by atoms with van der Waals surface area (Å²) >= 11 is 7.00. The van der Waals surface area contributed by atoms with Gasteiger partial charge < -0.3 is 16.2 Å². The molecule has 1 atom stereocenters. The molecular formula is C13H19Br2N3O. The van der Waals surface area contributed by atoms with Gasteiger partial charge >= 0.3 is 0 Å². The van der Waals surface area contributed by atoms with E-state index in [1.54, 1.807) is 0 Å². The number of hydrogen-bond donors (Lipinski definition) is 3. The normalized spacial score (nSPS) is 18.5. The Bertz CT molecular complexity index is 436. The second-order valence-corrected chi connectivity index (χ2v) is 6.47. The fraction of sp³-hybridized carbons (Fsp3) is 0.538. The molecule has 0 amide bonds. The predicted molar refractivity (Wildman–Crippen MR) is 85.1 cm³/mol. The lowest BCUT2D eigenvalue weighted by atomic mass is 9.99. The highest BCUT2D eigenvalue weighted by atomic mass is 79.9. The first-order valence-corrected chi connectivity index (χ1v) is 8.02. The van der Waals surface area contributed by atoms with Crippen LogP contribution in [-0.4, -0.2) is 42.8 Å². The quantitative estimate of drug-likeness (QED) is 0.687. The Morgan fingerprint density at radius 3 is 2.63 bits per heavy atom. The minimum Gasteiger partial charge on any atom is -0.398 e. The van der Waals surface area contributed by atoms with Crippen LogP contribution in [0.25, 0.3) is 0 Å². The number of nitrogen functional groups attached to an aromatic ring is 1. The molecule has 0 aliphatic carbocycles. The van der Waals surface area contributed by atoms with Gasteiger partial charge in [-0.05, 0) is 40.0 Å². The number of aliphatic hydroxyl groups is 1. The first-order valence-electron chi connectivity index (χ1n) is 6.43. The lowest BCUT2D eigenvalue weighted by molar-refractivity contribution is 0.141. The zero-order chi connectivity index (χ0) is 13.8. The van der Waals surface area contributed by atoms with E-state index in [4.69, 9.17) is 5.73 Å². The third kappa shape index (κ3) is 3.70. The maximum atomic E-state index is 9.35. The van der Waals surface area contributed by atoms with Crippen LogP contribution < -0.4 is 11.1 Å². The standard InChI is InChI=1S/C13H19Br2N3O/c14-9-7-10(13(16)11(15)8-9)12(1-6-19)18-4-2-17-3-5-18/h7-8,12,17,19H,1-6,16H2/t12-/m0/s1. The number of nitrogens with zero attached hydrogens (tertiary/aromatic N) is 1. The van der Waals surface area contributed by atoms with Crippen LogP contribution in [0.3, 0.4) is 0 Å². The maximum absolute atomic E-state index is 9.35. The van der Waals surface area contributed by atoms with Crippen molar-refractivity contribution in [3.8, 4) is 0 Å². The van der Waals surface area contributed by atoms with E-state index in [1.165, 1.54) is 0 Å². The molecule has 1 fully saturated rings. The van der Waals surface area contributed by atoms with Gasteiger partial charge in [0.15, 0.2) is 0 Å². The molecule has 0 radical (unpaired) electrons. The van der Waals surface area contributed by atoms with Gasteiger partial charge in [-0.1, -0.05) is 15.9 Å². The van der Waals surface area contributed by atoms with Gasteiger partial charge in [0.05, 0.1) is 5.69 Å². The number of benzene rings is 1. The smallest absolute Gasteiger partial charge is 0.0507 e. The molecule has 106 valence electrons. The monoisotopic (exact) mass is 391 g/mol. The van der Waals surface area contributed by atoms with Crippen molar-refractivity contribution in [3.05, 3.63) is 26.6 Å². The first-order chi connectivity index (χ1) is 9.13. The summed E-state index contributed by atoms with van der Waals surface area (Å²) in [6.07, 6.45) is 0.701. The molecule has 1 saturated heterocycles. The molecule has 1 heterocycles. The van der Waals surface area contributed by atoms with Crippen LogP contribution in [0.4, 0.5) is 5.69 Å². The molecule has 6 heteroatoms. The van der Waals surface area contributed by atoms with E-state index in [1.807, 2.05) is 6.07 Å². The Labute approximate surface area is 130 Å². The van der Waals surface area contributed by atoms with E-state index < -0.39 is 0 Å². The fourth-order valence-electron chi connectivity index (χ4n) is 2.53. The summed E-state index contributed by atoms with van der Waals surface area (Å²) in [4.78, 5) is 2.39. The number of hydrogen-bond acceptors (Lipinski definition) is 4. The molecule has 19 heavy (non-hydrogen) atoms. The summed E-state index contributed by atoms with van der Waals surface area (Å²) in [5.74, 6) is 0. The molecule has 1 aromatic carbocycles. The van der Waals surface area contributed by atoms with Crippen LogP contribution in [0.1, 0.15) is 18.0 Å². The molecule has 0 bridgehead atoms. The molecule has 1 aromatic rings. The zero-order valence-corrected chi connectivity index (χ0v) is 13.9. The second kappa shape index (κ2) is 7.04. The summed E-state index contributed by atoms with van der Waals surface area (Å²) in [5, 5.41) is 12.7. The molecule has 0 saturated carbocycles. The number of piperazine rings is 1. The number of aliphatic hydroxyl groups excluding tert-OH is 1. The third-order valence-electron chi connectivity index (χ3n) is 3.48. The SMILES string of the molecule is Nc1c(Br)cc(Br)cc1[C@H](CCO)N1CCNCC1. The maximum Gasteiger partial charge on any atom is 0.0507 e. The van der Waals surface area contributed by atoms with Crippen molar-refractivity contribution in [2.45, 2.75) is 12.5 Å². The van der Waals surface area contributed by atoms with Crippen LogP contribution in [0.5, 0.6) is 0 Å². The first kappa shape index (κ1) is 15.3. The van der Waals surface area contributed by atoms with Gasteiger partial charge in [0.25, 0.3) is 0 Å². The number of nitrogens with one attached hydrogen (secondary N) is 1. The minimum atomic E-state index is 0.165. The summed E-state index contributed by atoms with van der Waals surface area (Å²) in [5.41, 5.74) is 8.04. The number of rotatable bonds is 4. The van der Waals surface area contributed by atoms with Crippen molar-refractivity contribution in [1.29, 1.82) is 0 Å². The molecule has 4 nitrogen and oxygen atoms in total. The average Bonchev–Trinajstić information content (AvgIpc) is 2.41. The summed E-state index contributed by atoms with van der Waals surface area (Å²) in [6, 6.07) is 4.18. The topological polar surface area (TPSA) is 61.5 Å². The highest BCUT2D eigenvalue weighted by Gasteiger charge is 2.24. The summed E-state index contributed by atoms with van der Waals surface area (Å²) < 4.78 is 1.90. The Morgan fingerprint density at radius 2 is 2.00 bits per heavy atom. The van der Waals surface area contributed by atoms with Gasteiger partial charge in [-0.3, -0.25) is 4.90 Å². The average molecular weight is 393 g/mol. The van der Waals surface area contributed by atoms with Crippen molar-refractivity contribution >= 4 is 37.5 Å². The van der Waals surface area contributed by atoms with E-state index in [-0.39, 0.29) is 12.6 Å². The summed E-state index contributed by atoms with van der Waals surface area (Å²) in [6.45, 7) is 4.09. The fourth-order valence-corrected chi connectivity index (χ4v) is 3.79. The van der Waals surface area contributed by atoms with E-state index >= 15 is 0 Å². The Kier molecular flexibility index (Phi) is 5.65. The lowest BCUT2D eigenvalue weighted by Crippen LogP contribution is -2.45. The van der Waals surface area contributed by atoms with Gasteiger partial charge in [-0.25, -0.2) is 0 Å². The Balaban J connectivity index is 2.32. The Morgan fingerprint density at radius 1 is 1.32 bits per heavy atom. The van der Waals surface area contributed by atoms with Crippen molar-refractivity contribution in [2.75, 3.05) is 38.5 Å². The highest BCUT2D eigenvalue weighted by Crippen LogP contribution is 2.36. The molecule has 2 rings (SSSR count). The minimum absolute atomic E-state index is 0.165. The van der Waals surface area contributed by atoms with E-state index in [9.17, 15) is 5.11 Å². The van der Waals surface area contributed by atoms with E-state index in [0.29, 0.717) is 6.42 Å². The third-order valence-corrected chi connectivity index (χ3v) is 4.59. The van der Waals surface area contributed by atoms with Crippen LogP contribution in [0, 0.1) is 0 Å². The summed E-state index contributed by atoms with van der Waals surface area (Å²) in [7, 11) is 0. The molecule has 1 aliphatic rings. The predicted octanol–water partition coefficient (Wildman–Crippen LogP) is 2.12. The zero-order valence-electron chi connectivity index (χ0n) is 10.7. The van der Waals surface area contributed by atoms with Gasteiger partial charge in [0, 0.05) is 47.8 Å². The largest absolute Gasteiger partial charge is 0.398 e. The number of nitrogens with two attached hydrogens (primary N) is 1. The van der Waals surface area contributed by atoms with Gasteiger partial charge in [-0.15, -0.1) is 0 Å². The Hall–Kier alpha value is -0.140. The molecule has 4 N–H and O–H groups in total.